The van der Waals surface area contributed by atoms with Crippen molar-refractivity contribution >= 4 is 32.3 Å². The Morgan fingerprint density at radius 3 is 2.64 bits per heavy atom. The summed E-state index contributed by atoms with van der Waals surface area (Å²) in [5.41, 5.74) is 10.9. The molecule has 2 aromatic heterocycles. The van der Waals surface area contributed by atoms with Crippen molar-refractivity contribution in [3.63, 3.8) is 0 Å². The zero-order chi connectivity index (χ0) is 23.0. The van der Waals surface area contributed by atoms with Gasteiger partial charge in [0.1, 0.15) is 12.4 Å². The van der Waals surface area contributed by atoms with E-state index in [1.807, 2.05) is 59.4 Å². The van der Waals surface area contributed by atoms with E-state index in [-0.39, 0.29) is 5.75 Å². The molecule has 1 fully saturated rings. The van der Waals surface area contributed by atoms with Gasteiger partial charge < -0.3 is 15.0 Å². The number of aryl methyl sites for hydroxylation is 1. The molecule has 3 heterocycles. The van der Waals surface area contributed by atoms with Crippen molar-refractivity contribution in [3.8, 4) is 17.0 Å². The van der Waals surface area contributed by atoms with E-state index in [2.05, 4.69) is 16.6 Å². The molecule has 8 nitrogen and oxygen atoms in total. The molecule has 33 heavy (non-hydrogen) atoms. The lowest BCUT2D eigenvalue weighted by atomic mass is 10.1. The number of benzene rings is 2. The van der Waals surface area contributed by atoms with Crippen LogP contribution in [0.25, 0.3) is 22.2 Å². The van der Waals surface area contributed by atoms with Gasteiger partial charge in [-0.25, -0.2) is 8.42 Å². The molecule has 1 aliphatic heterocycles. The molecule has 5 rings (SSSR count). The number of nitrogens with zero attached hydrogens (tertiary/aromatic N) is 4. The Morgan fingerprint density at radius 1 is 1.15 bits per heavy atom. The zero-order valence-electron chi connectivity index (χ0n) is 18.5. The molecule has 0 atom stereocenters. The average molecular weight is 466 g/mol. The van der Waals surface area contributed by atoms with Crippen LogP contribution in [0.5, 0.6) is 5.75 Å². The summed E-state index contributed by atoms with van der Waals surface area (Å²) in [6.45, 7) is 4.54. The average Bonchev–Trinajstić information content (AvgIpc) is 3.52. The van der Waals surface area contributed by atoms with Crippen LogP contribution in [0, 0.1) is 0 Å². The Bertz CT molecular complexity index is 1380. The Labute approximate surface area is 193 Å². The Kier molecular flexibility index (Phi) is 5.49. The van der Waals surface area contributed by atoms with E-state index >= 15 is 0 Å². The van der Waals surface area contributed by atoms with Crippen molar-refractivity contribution in [2.45, 2.75) is 26.4 Å². The van der Waals surface area contributed by atoms with Crippen LogP contribution in [0.15, 0.2) is 60.9 Å². The molecule has 0 radical (unpaired) electrons. The fourth-order valence-electron chi connectivity index (χ4n) is 4.49. The van der Waals surface area contributed by atoms with Crippen molar-refractivity contribution in [1.82, 2.24) is 14.3 Å². The number of anilines is 2. The number of fused-ring (bicyclic) bond motifs is 1. The van der Waals surface area contributed by atoms with Gasteiger partial charge in [0.05, 0.1) is 34.9 Å². The summed E-state index contributed by atoms with van der Waals surface area (Å²) in [5.74, 6) is 0.987. The van der Waals surface area contributed by atoms with E-state index in [0.717, 1.165) is 34.5 Å². The van der Waals surface area contributed by atoms with Crippen LogP contribution in [-0.4, -0.2) is 41.7 Å². The predicted octanol–water partition coefficient (Wildman–Crippen LogP) is 3.73. The lowest BCUT2D eigenvalue weighted by Crippen LogP contribution is -2.24. The maximum Gasteiger partial charge on any atom is 0.235 e. The van der Waals surface area contributed by atoms with E-state index < -0.39 is 10.0 Å². The molecule has 0 bridgehead atoms. The second-order valence-corrected chi connectivity index (χ2v) is 10.1. The number of nitrogens with two attached hydrogens (primary N) is 1. The van der Waals surface area contributed by atoms with Crippen LogP contribution in [0.2, 0.25) is 0 Å². The smallest absolute Gasteiger partial charge is 0.235 e. The molecule has 9 heteroatoms. The Hall–Kier alpha value is -3.46. The summed E-state index contributed by atoms with van der Waals surface area (Å²) in [4.78, 5) is 0. The number of rotatable bonds is 7. The van der Waals surface area contributed by atoms with Crippen LogP contribution in [0.4, 0.5) is 11.4 Å². The quantitative estimate of drug-likeness (QED) is 0.449. The highest BCUT2D eigenvalue weighted by Gasteiger charge is 2.28. The summed E-state index contributed by atoms with van der Waals surface area (Å²) in [5, 5.41) is 5.16. The maximum atomic E-state index is 12.2. The second-order valence-electron chi connectivity index (χ2n) is 8.09. The molecule has 4 aromatic rings. The fraction of sp³-hybridized carbons (Fsp3) is 0.292. The van der Waals surface area contributed by atoms with Crippen LogP contribution >= 0.6 is 0 Å². The number of ether oxygens (including phenoxy) is 1. The van der Waals surface area contributed by atoms with Gasteiger partial charge in [0.2, 0.25) is 10.0 Å². The van der Waals surface area contributed by atoms with Gasteiger partial charge >= 0.3 is 0 Å². The number of nitrogen functional groups attached to an aromatic ring is 1. The molecule has 0 amide bonds. The van der Waals surface area contributed by atoms with Crippen molar-refractivity contribution in [3.05, 3.63) is 60.9 Å². The number of aromatic nitrogens is 3. The molecule has 0 aliphatic carbocycles. The van der Waals surface area contributed by atoms with E-state index in [1.54, 1.807) is 6.20 Å². The standard InChI is InChI=1S/C24H27N5O3S/c1-2-28-22-17-20(32-15-14-27-12-3-11-26-27)9-10-21(22)23(25)24(28)18-5-7-19(8-6-18)29-13-4-16-33(29,30)31/h3,5-12,17H,2,4,13-16,25H2,1H3. The lowest BCUT2D eigenvalue weighted by Gasteiger charge is -2.17. The normalized spacial score (nSPS) is 15.4. The van der Waals surface area contributed by atoms with Gasteiger partial charge in [-0.1, -0.05) is 12.1 Å². The van der Waals surface area contributed by atoms with Gasteiger partial charge in [-0.3, -0.25) is 8.99 Å². The molecule has 0 spiro atoms. The first-order chi connectivity index (χ1) is 16.0. The molecule has 2 aromatic carbocycles. The summed E-state index contributed by atoms with van der Waals surface area (Å²) in [6.07, 6.45) is 4.32. The van der Waals surface area contributed by atoms with Gasteiger partial charge in [0, 0.05) is 42.5 Å². The Morgan fingerprint density at radius 2 is 1.97 bits per heavy atom. The Balaban J connectivity index is 1.44. The van der Waals surface area contributed by atoms with Crippen molar-refractivity contribution in [1.29, 1.82) is 0 Å². The SMILES string of the molecule is CCn1c(-c2ccc(N3CCCS3(=O)=O)cc2)c(N)c2ccc(OCCn3cccn3)cc21. The van der Waals surface area contributed by atoms with Crippen LogP contribution in [0.3, 0.4) is 0 Å². The first-order valence-electron chi connectivity index (χ1n) is 11.1. The minimum Gasteiger partial charge on any atom is -0.492 e. The molecule has 1 saturated heterocycles. The monoisotopic (exact) mass is 465 g/mol. The maximum absolute atomic E-state index is 12.2. The van der Waals surface area contributed by atoms with E-state index in [4.69, 9.17) is 10.5 Å². The lowest BCUT2D eigenvalue weighted by molar-refractivity contribution is 0.291. The highest BCUT2D eigenvalue weighted by Crippen LogP contribution is 2.38. The molecule has 1 aliphatic rings. The molecule has 172 valence electrons. The number of hydrogen-bond donors (Lipinski definition) is 1. The minimum absolute atomic E-state index is 0.206. The van der Waals surface area contributed by atoms with Crippen LogP contribution in [-0.2, 0) is 23.1 Å². The van der Waals surface area contributed by atoms with Gasteiger partial charge in [-0.05, 0) is 43.7 Å². The summed E-state index contributed by atoms with van der Waals surface area (Å²) in [6, 6.07) is 15.5. The van der Waals surface area contributed by atoms with Gasteiger partial charge in [-0.2, -0.15) is 5.10 Å². The van der Waals surface area contributed by atoms with Gasteiger partial charge in [-0.15, -0.1) is 0 Å². The molecule has 0 saturated carbocycles. The van der Waals surface area contributed by atoms with E-state index in [0.29, 0.717) is 37.5 Å². The van der Waals surface area contributed by atoms with Crippen molar-refractivity contribution in [2.75, 3.05) is 28.9 Å². The van der Waals surface area contributed by atoms with E-state index in [1.165, 1.54) is 4.31 Å². The largest absolute Gasteiger partial charge is 0.492 e. The van der Waals surface area contributed by atoms with Crippen LogP contribution in [0.1, 0.15) is 13.3 Å². The number of hydrogen-bond acceptors (Lipinski definition) is 5. The zero-order valence-corrected chi connectivity index (χ0v) is 19.3. The van der Waals surface area contributed by atoms with Gasteiger partial charge in [0.15, 0.2) is 0 Å². The van der Waals surface area contributed by atoms with E-state index in [9.17, 15) is 8.42 Å². The minimum atomic E-state index is -3.20. The molecule has 0 unspecified atom stereocenters. The summed E-state index contributed by atoms with van der Waals surface area (Å²) in [7, 11) is -3.20. The van der Waals surface area contributed by atoms with Crippen LogP contribution < -0.4 is 14.8 Å². The molecular weight excluding hydrogens is 438 g/mol. The third-order valence-corrected chi connectivity index (χ3v) is 7.94. The first kappa shape index (κ1) is 21.4. The fourth-order valence-corrected chi connectivity index (χ4v) is 6.05. The predicted molar refractivity (Wildman–Crippen MR) is 131 cm³/mol. The van der Waals surface area contributed by atoms with Crippen molar-refractivity contribution < 1.29 is 13.2 Å². The summed E-state index contributed by atoms with van der Waals surface area (Å²) >= 11 is 0. The third-order valence-electron chi connectivity index (χ3n) is 6.07. The van der Waals surface area contributed by atoms with Gasteiger partial charge in [0.25, 0.3) is 0 Å². The molecular formula is C24H27N5O3S. The third kappa shape index (κ3) is 3.93. The topological polar surface area (TPSA) is 95.4 Å². The number of sulfonamides is 1. The molecule has 2 N–H and O–H groups in total. The highest BCUT2D eigenvalue weighted by molar-refractivity contribution is 7.93. The summed E-state index contributed by atoms with van der Waals surface area (Å²) < 4.78 is 35.9. The highest BCUT2D eigenvalue weighted by atomic mass is 32.2. The first-order valence-corrected chi connectivity index (χ1v) is 12.7. The second kappa shape index (κ2) is 8.47. The van der Waals surface area contributed by atoms with Crippen molar-refractivity contribution in [2.24, 2.45) is 0 Å².